The molecule has 2 rings (SSSR count). The summed E-state index contributed by atoms with van der Waals surface area (Å²) in [5.74, 6) is 0.325. The van der Waals surface area contributed by atoms with Crippen LogP contribution >= 0.6 is 0 Å². The molecule has 0 amide bonds. The van der Waals surface area contributed by atoms with Crippen molar-refractivity contribution in [3.8, 4) is 11.5 Å². The second-order valence-electron chi connectivity index (χ2n) is 4.62. The van der Waals surface area contributed by atoms with Crippen LogP contribution in [0.5, 0.6) is 0 Å². The fraction of sp³-hybridized carbons (Fsp3) is 0.357. The molecule has 0 aliphatic heterocycles. The zero-order valence-corrected chi connectivity index (χ0v) is 11.3. The van der Waals surface area contributed by atoms with Crippen LogP contribution in [-0.2, 0) is 11.3 Å². The average molecular weight is 275 g/mol. The molecule has 0 bridgehead atoms. The number of rotatable bonds is 7. The lowest BCUT2D eigenvalue weighted by atomic mass is 10.2. The van der Waals surface area contributed by atoms with E-state index in [1.807, 2.05) is 42.3 Å². The van der Waals surface area contributed by atoms with Crippen molar-refractivity contribution in [3.63, 3.8) is 0 Å². The lowest BCUT2D eigenvalue weighted by Crippen LogP contribution is -2.20. The van der Waals surface area contributed by atoms with Crippen LogP contribution in [0.1, 0.15) is 18.7 Å². The number of carboxylic acids is 1. The summed E-state index contributed by atoms with van der Waals surface area (Å²) in [7, 11) is 1.90. The summed E-state index contributed by atoms with van der Waals surface area (Å²) >= 11 is 0. The Morgan fingerprint density at radius 1 is 1.35 bits per heavy atom. The van der Waals surface area contributed by atoms with E-state index in [0.29, 0.717) is 31.2 Å². The van der Waals surface area contributed by atoms with E-state index in [9.17, 15) is 4.79 Å². The zero-order chi connectivity index (χ0) is 14.4. The number of aromatic nitrogens is 2. The van der Waals surface area contributed by atoms with Crippen LogP contribution in [0.2, 0.25) is 0 Å². The third kappa shape index (κ3) is 4.17. The molecule has 0 aliphatic rings. The lowest BCUT2D eigenvalue weighted by Gasteiger charge is -2.12. The molecule has 0 aliphatic carbocycles. The summed E-state index contributed by atoms with van der Waals surface area (Å²) in [6.45, 7) is 1.22. The highest BCUT2D eigenvalue weighted by Gasteiger charge is 2.10. The number of benzene rings is 1. The largest absolute Gasteiger partial charge is 0.481 e. The first-order valence-electron chi connectivity index (χ1n) is 6.43. The van der Waals surface area contributed by atoms with Gasteiger partial charge in [-0.1, -0.05) is 23.4 Å². The Morgan fingerprint density at radius 2 is 2.10 bits per heavy atom. The van der Waals surface area contributed by atoms with Gasteiger partial charge in [0, 0.05) is 12.0 Å². The number of carboxylic acid groups (broad SMARTS) is 1. The standard InChI is InChI=1S/C14H17N3O3/c1-17(9-5-8-13(18)19)10-12-15-14(20-16-12)11-6-3-2-4-7-11/h2-4,6-7H,5,8-10H2,1H3,(H,18,19). The fourth-order valence-electron chi connectivity index (χ4n) is 1.84. The zero-order valence-electron chi connectivity index (χ0n) is 11.3. The second-order valence-corrected chi connectivity index (χ2v) is 4.62. The molecule has 1 N–H and O–H groups in total. The van der Waals surface area contributed by atoms with E-state index in [1.54, 1.807) is 0 Å². The van der Waals surface area contributed by atoms with Gasteiger partial charge in [-0.15, -0.1) is 0 Å². The predicted molar refractivity (Wildman–Crippen MR) is 72.9 cm³/mol. The van der Waals surface area contributed by atoms with Crippen LogP contribution in [0.3, 0.4) is 0 Å². The van der Waals surface area contributed by atoms with Gasteiger partial charge in [0.1, 0.15) is 0 Å². The maximum absolute atomic E-state index is 10.4. The minimum atomic E-state index is -0.774. The van der Waals surface area contributed by atoms with E-state index in [0.717, 1.165) is 5.56 Å². The first-order valence-corrected chi connectivity index (χ1v) is 6.43. The second kappa shape index (κ2) is 6.81. The van der Waals surface area contributed by atoms with Crippen molar-refractivity contribution in [3.05, 3.63) is 36.2 Å². The van der Waals surface area contributed by atoms with Crippen LogP contribution in [0.4, 0.5) is 0 Å². The van der Waals surface area contributed by atoms with Gasteiger partial charge in [-0.25, -0.2) is 0 Å². The SMILES string of the molecule is CN(CCCC(=O)O)Cc1noc(-c2ccccc2)n1. The molecule has 1 heterocycles. The van der Waals surface area contributed by atoms with Gasteiger partial charge in [0.05, 0.1) is 6.54 Å². The molecule has 6 heteroatoms. The molecule has 106 valence electrons. The van der Waals surface area contributed by atoms with Gasteiger partial charge in [-0.2, -0.15) is 4.98 Å². The van der Waals surface area contributed by atoms with E-state index in [4.69, 9.17) is 9.63 Å². The molecule has 1 aromatic heterocycles. The van der Waals surface area contributed by atoms with E-state index >= 15 is 0 Å². The van der Waals surface area contributed by atoms with Gasteiger partial charge in [-0.3, -0.25) is 9.69 Å². The van der Waals surface area contributed by atoms with Crippen molar-refractivity contribution in [2.45, 2.75) is 19.4 Å². The highest BCUT2D eigenvalue weighted by Crippen LogP contribution is 2.16. The smallest absolute Gasteiger partial charge is 0.303 e. The van der Waals surface area contributed by atoms with Crippen LogP contribution < -0.4 is 0 Å². The molecule has 0 radical (unpaired) electrons. The molecule has 1 aromatic carbocycles. The molecule has 0 spiro atoms. The summed E-state index contributed by atoms with van der Waals surface area (Å²) in [4.78, 5) is 16.7. The summed E-state index contributed by atoms with van der Waals surface area (Å²) in [6.07, 6.45) is 0.779. The Kier molecular flexibility index (Phi) is 4.84. The van der Waals surface area contributed by atoms with Crippen molar-refractivity contribution in [2.75, 3.05) is 13.6 Å². The maximum Gasteiger partial charge on any atom is 0.303 e. The van der Waals surface area contributed by atoms with E-state index in [2.05, 4.69) is 10.1 Å². The molecule has 0 saturated carbocycles. The Bertz CT molecular complexity index is 554. The molecule has 20 heavy (non-hydrogen) atoms. The van der Waals surface area contributed by atoms with Gasteiger partial charge in [0.15, 0.2) is 5.82 Å². The van der Waals surface area contributed by atoms with Crippen molar-refractivity contribution < 1.29 is 14.4 Å². The van der Waals surface area contributed by atoms with Crippen LogP contribution in [0, 0.1) is 0 Å². The normalized spacial score (nSPS) is 10.9. The third-order valence-corrected chi connectivity index (χ3v) is 2.83. The molecule has 2 aromatic rings. The summed E-state index contributed by atoms with van der Waals surface area (Å²) in [6, 6.07) is 9.58. The maximum atomic E-state index is 10.4. The molecule has 0 saturated heterocycles. The van der Waals surface area contributed by atoms with Crippen LogP contribution in [0.15, 0.2) is 34.9 Å². The summed E-state index contributed by atoms with van der Waals surface area (Å²) in [5.41, 5.74) is 0.889. The molecule has 6 nitrogen and oxygen atoms in total. The van der Waals surface area contributed by atoms with Crippen molar-refractivity contribution in [1.29, 1.82) is 0 Å². The van der Waals surface area contributed by atoms with Gasteiger partial charge in [-0.05, 0) is 32.1 Å². The fourth-order valence-corrected chi connectivity index (χ4v) is 1.84. The molecular formula is C14H17N3O3. The van der Waals surface area contributed by atoms with E-state index < -0.39 is 5.97 Å². The third-order valence-electron chi connectivity index (χ3n) is 2.83. The lowest BCUT2D eigenvalue weighted by molar-refractivity contribution is -0.137. The highest BCUT2D eigenvalue weighted by molar-refractivity contribution is 5.66. The Morgan fingerprint density at radius 3 is 2.80 bits per heavy atom. The Labute approximate surface area is 117 Å². The summed E-state index contributed by atoms with van der Waals surface area (Å²) < 4.78 is 5.21. The molecule has 0 unspecified atom stereocenters. The highest BCUT2D eigenvalue weighted by atomic mass is 16.5. The number of hydrogen-bond donors (Lipinski definition) is 1. The molecule has 0 fully saturated rings. The van der Waals surface area contributed by atoms with Crippen molar-refractivity contribution >= 4 is 5.97 Å². The number of nitrogens with zero attached hydrogens (tertiary/aromatic N) is 3. The quantitative estimate of drug-likeness (QED) is 0.833. The number of aliphatic carboxylic acids is 1. The Balaban J connectivity index is 1.88. The first kappa shape index (κ1) is 14.2. The number of carbonyl (C=O) groups is 1. The molecular weight excluding hydrogens is 258 g/mol. The Hall–Kier alpha value is -2.21. The van der Waals surface area contributed by atoms with Crippen LogP contribution in [0.25, 0.3) is 11.5 Å². The van der Waals surface area contributed by atoms with Crippen molar-refractivity contribution in [2.24, 2.45) is 0 Å². The monoisotopic (exact) mass is 275 g/mol. The molecule has 0 atom stereocenters. The van der Waals surface area contributed by atoms with E-state index in [1.165, 1.54) is 0 Å². The minimum absolute atomic E-state index is 0.172. The average Bonchev–Trinajstić information content (AvgIpc) is 2.88. The van der Waals surface area contributed by atoms with Gasteiger partial charge in [0.2, 0.25) is 0 Å². The summed E-state index contributed by atoms with van der Waals surface area (Å²) in [5, 5.41) is 12.5. The van der Waals surface area contributed by atoms with Crippen LogP contribution in [-0.4, -0.2) is 39.7 Å². The van der Waals surface area contributed by atoms with Gasteiger partial charge >= 0.3 is 5.97 Å². The minimum Gasteiger partial charge on any atom is -0.481 e. The van der Waals surface area contributed by atoms with Gasteiger partial charge in [0.25, 0.3) is 5.89 Å². The number of hydrogen-bond acceptors (Lipinski definition) is 5. The van der Waals surface area contributed by atoms with Crippen molar-refractivity contribution in [1.82, 2.24) is 15.0 Å². The predicted octanol–water partition coefficient (Wildman–Crippen LogP) is 2.03. The topological polar surface area (TPSA) is 79.5 Å². The van der Waals surface area contributed by atoms with E-state index in [-0.39, 0.29) is 6.42 Å². The first-order chi connectivity index (χ1) is 9.65. The van der Waals surface area contributed by atoms with Gasteiger partial charge < -0.3 is 9.63 Å².